The molecule has 1 nitrogen and oxygen atoms in total. The van der Waals surface area contributed by atoms with Crippen LogP contribution in [-0.4, -0.2) is 13.1 Å². The molecule has 0 aromatic heterocycles. The standard InChI is InChI=1S/C15H25N/c1-4-5-7-12-15(16-3)13(2)14-10-8-6-9-11-14/h6,8-11,13,15-16H,4-5,7,12H2,1-3H3. The number of unbranched alkanes of at least 4 members (excludes halogenated alkanes) is 2. The maximum absolute atomic E-state index is 3.46. The lowest BCUT2D eigenvalue weighted by molar-refractivity contribution is 0.436. The predicted molar refractivity (Wildman–Crippen MR) is 71.8 cm³/mol. The summed E-state index contributed by atoms with van der Waals surface area (Å²) in [6.07, 6.45) is 5.26. The number of hydrogen-bond acceptors (Lipinski definition) is 1. The van der Waals surface area contributed by atoms with Gasteiger partial charge >= 0.3 is 0 Å². The first-order valence-electron chi connectivity index (χ1n) is 6.51. The van der Waals surface area contributed by atoms with Crippen LogP contribution in [0.1, 0.15) is 51.0 Å². The van der Waals surface area contributed by atoms with Gasteiger partial charge < -0.3 is 5.32 Å². The van der Waals surface area contributed by atoms with Gasteiger partial charge in [-0.25, -0.2) is 0 Å². The molecular weight excluding hydrogens is 194 g/mol. The van der Waals surface area contributed by atoms with Crippen molar-refractivity contribution in [1.29, 1.82) is 0 Å². The summed E-state index contributed by atoms with van der Waals surface area (Å²) in [5.74, 6) is 0.600. The molecule has 1 heteroatoms. The van der Waals surface area contributed by atoms with Gasteiger partial charge in [-0.2, -0.15) is 0 Å². The molecule has 0 spiro atoms. The zero-order valence-corrected chi connectivity index (χ0v) is 10.9. The van der Waals surface area contributed by atoms with Crippen molar-refractivity contribution in [1.82, 2.24) is 5.32 Å². The molecule has 1 rings (SSSR count). The molecule has 0 heterocycles. The Balaban J connectivity index is 2.52. The highest BCUT2D eigenvalue weighted by molar-refractivity contribution is 5.20. The topological polar surface area (TPSA) is 12.0 Å². The number of benzene rings is 1. The third kappa shape index (κ3) is 3.97. The molecule has 0 fully saturated rings. The maximum Gasteiger partial charge on any atom is 0.0130 e. The molecule has 1 aromatic carbocycles. The summed E-state index contributed by atoms with van der Waals surface area (Å²) in [6.45, 7) is 4.58. The van der Waals surface area contributed by atoms with E-state index in [0.29, 0.717) is 12.0 Å². The van der Waals surface area contributed by atoms with Crippen LogP contribution < -0.4 is 5.32 Å². The van der Waals surface area contributed by atoms with Crippen LogP contribution in [0.2, 0.25) is 0 Å². The van der Waals surface area contributed by atoms with Crippen LogP contribution in [-0.2, 0) is 0 Å². The van der Waals surface area contributed by atoms with Crippen molar-refractivity contribution in [2.45, 2.75) is 51.5 Å². The second kappa shape index (κ2) is 7.45. The van der Waals surface area contributed by atoms with Crippen molar-refractivity contribution in [3.8, 4) is 0 Å². The van der Waals surface area contributed by atoms with E-state index in [2.05, 4.69) is 56.5 Å². The second-order valence-electron chi connectivity index (χ2n) is 4.59. The third-order valence-electron chi connectivity index (χ3n) is 3.42. The van der Waals surface area contributed by atoms with E-state index in [4.69, 9.17) is 0 Å². The molecular formula is C15H25N. The van der Waals surface area contributed by atoms with E-state index >= 15 is 0 Å². The van der Waals surface area contributed by atoms with Crippen molar-refractivity contribution in [3.05, 3.63) is 35.9 Å². The Bertz CT molecular complexity index is 268. The van der Waals surface area contributed by atoms with Crippen LogP contribution >= 0.6 is 0 Å². The van der Waals surface area contributed by atoms with Crippen LogP contribution in [0.25, 0.3) is 0 Å². The fourth-order valence-corrected chi connectivity index (χ4v) is 2.25. The summed E-state index contributed by atoms with van der Waals surface area (Å²) in [6, 6.07) is 11.4. The molecule has 0 bridgehead atoms. The van der Waals surface area contributed by atoms with E-state index in [9.17, 15) is 0 Å². The highest BCUT2D eigenvalue weighted by atomic mass is 14.9. The van der Waals surface area contributed by atoms with Gasteiger partial charge in [0, 0.05) is 6.04 Å². The number of nitrogens with one attached hydrogen (secondary N) is 1. The first-order chi connectivity index (χ1) is 7.79. The Morgan fingerprint density at radius 1 is 1.12 bits per heavy atom. The van der Waals surface area contributed by atoms with Gasteiger partial charge in [-0.05, 0) is 24.9 Å². The number of hydrogen-bond donors (Lipinski definition) is 1. The van der Waals surface area contributed by atoms with Gasteiger partial charge in [0.25, 0.3) is 0 Å². The minimum absolute atomic E-state index is 0.600. The van der Waals surface area contributed by atoms with Crippen LogP contribution in [0.5, 0.6) is 0 Å². The summed E-state index contributed by atoms with van der Waals surface area (Å²) < 4.78 is 0. The second-order valence-corrected chi connectivity index (χ2v) is 4.59. The molecule has 1 aromatic rings. The molecule has 0 radical (unpaired) electrons. The van der Waals surface area contributed by atoms with Gasteiger partial charge in [0.1, 0.15) is 0 Å². The van der Waals surface area contributed by atoms with Gasteiger partial charge in [0.15, 0.2) is 0 Å². The van der Waals surface area contributed by atoms with Crippen LogP contribution in [0.15, 0.2) is 30.3 Å². The molecule has 0 saturated heterocycles. The Morgan fingerprint density at radius 2 is 1.81 bits per heavy atom. The van der Waals surface area contributed by atoms with Crippen molar-refractivity contribution in [2.24, 2.45) is 0 Å². The molecule has 90 valence electrons. The summed E-state index contributed by atoms with van der Waals surface area (Å²) in [7, 11) is 2.08. The van der Waals surface area contributed by atoms with E-state index in [0.717, 1.165) is 0 Å². The molecule has 16 heavy (non-hydrogen) atoms. The molecule has 0 amide bonds. The highest BCUT2D eigenvalue weighted by Gasteiger charge is 2.16. The van der Waals surface area contributed by atoms with Crippen LogP contribution in [0.3, 0.4) is 0 Å². The van der Waals surface area contributed by atoms with Crippen LogP contribution in [0.4, 0.5) is 0 Å². The van der Waals surface area contributed by atoms with E-state index in [1.165, 1.54) is 31.2 Å². The molecule has 0 saturated carbocycles. The first kappa shape index (κ1) is 13.2. The third-order valence-corrected chi connectivity index (χ3v) is 3.42. The molecule has 2 unspecified atom stereocenters. The molecule has 0 aliphatic rings. The Hall–Kier alpha value is -0.820. The largest absolute Gasteiger partial charge is 0.316 e. The summed E-state index contributed by atoms with van der Waals surface area (Å²) in [5.41, 5.74) is 1.44. The number of likely N-dealkylation sites (N-methyl/N-ethyl adjacent to an activating group) is 1. The first-order valence-corrected chi connectivity index (χ1v) is 6.51. The quantitative estimate of drug-likeness (QED) is 0.684. The summed E-state index contributed by atoms with van der Waals surface area (Å²) in [5, 5.41) is 3.46. The zero-order chi connectivity index (χ0) is 11.8. The van der Waals surface area contributed by atoms with Gasteiger partial charge in [0.2, 0.25) is 0 Å². The minimum atomic E-state index is 0.600. The average Bonchev–Trinajstić information content (AvgIpc) is 2.35. The SMILES string of the molecule is CCCCCC(NC)C(C)c1ccccc1. The summed E-state index contributed by atoms with van der Waals surface area (Å²) in [4.78, 5) is 0. The highest BCUT2D eigenvalue weighted by Crippen LogP contribution is 2.22. The Kier molecular flexibility index (Phi) is 6.17. The Labute approximate surface area is 100 Å². The lowest BCUT2D eigenvalue weighted by Crippen LogP contribution is -2.30. The Morgan fingerprint density at radius 3 is 2.38 bits per heavy atom. The lowest BCUT2D eigenvalue weighted by Gasteiger charge is -2.24. The van der Waals surface area contributed by atoms with Crippen molar-refractivity contribution >= 4 is 0 Å². The minimum Gasteiger partial charge on any atom is -0.316 e. The fraction of sp³-hybridized carbons (Fsp3) is 0.600. The van der Waals surface area contributed by atoms with Gasteiger partial charge in [0.05, 0.1) is 0 Å². The molecule has 1 N–H and O–H groups in total. The maximum atomic E-state index is 3.46. The zero-order valence-electron chi connectivity index (χ0n) is 10.9. The van der Waals surface area contributed by atoms with Gasteiger partial charge in [-0.15, -0.1) is 0 Å². The van der Waals surface area contributed by atoms with E-state index in [-0.39, 0.29) is 0 Å². The normalized spacial score (nSPS) is 14.7. The lowest BCUT2D eigenvalue weighted by atomic mass is 9.90. The summed E-state index contributed by atoms with van der Waals surface area (Å²) >= 11 is 0. The van der Waals surface area contributed by atoms with E-state index in [1.54, 1.807) is 0 Å². The van der Waals surface area contributed by atoms with Gasteiger partial charge in [-0.1, -0.05) is 63.4 Å². The molecule has 0 aliphatic carbocycles. The molecule has 0 aliphatic heterocycles. The predicted octanol–water partition coefficient (Wildman–Crippen LogP) is 3.96. The van der Waals surface area contributed by atoms with E-state index < -0.39 is 0 Å². The van der Waals surface area contributed by atoms with E-state index in [1.807, 2.05) is 0 Å². The monoisotopic (exact) mass is 219 g/mol. The van der Waals surface area contributed by atoms with Crippen LogP contribution in [0, 0.1) is 0 Å². The number of rotatable bonds is 7. The van der Waals surface area contributed by atoms with Crippen molar-refractivity contribution < 1.29 is 0 Å². The van der Waals surface area contributed by atoms with Crippen molar-refractivity contribution in [3.63, 3.8) is 0 Å². The fourth-order valence-electron chi connectivity index (χ4n) is 2.25. The van der Waals surface area contributed by atoms with Crippen molar-refractivity contribution in [2.75, 3.05) is 7.05 Å². The molecule has 2 atom stereocenters. The van der Waals surface area contributed by atoms with Gasteiger partial charge in [-0.3, -0.25) is 0 Å². The average molecular weight is 219 g/mol. The smallest absolute Gasteiger partial charge is 0.0130 e.